The van der Waals surface area contributed by atoms with Crippen molar-refractivity contribution >= 4 is 40.5 Å². The maximum atomic E-state index is 12.2. The van der Waals surface area contributed by atoms with Crippen molar-refractivity contribution < 1.29 is 14.3 Å². The average molecular weight is 379 g/mol. The largest absolute Gasteiger partial charge is 0.495 e. The summed E-state index contributed by atoms with van der Waals surface area (Å²) in [6, 6.07) is 12.0. The summed E-state index contributed by atoms with van der Waals surface area (Å²) < 4.78 is 10.6. The molecule has 2 N–H and O–H groups in total. The van der Waals surface area contributed by atoms with Gasteiger partial charge in [-0.1, -0.05) is 11.6 Å². The van der Waals surface area contributed by atoms with Crippen LogP contribution in [0.25, 0.3) is 0 Å². The summed E-state index contributed by atoms with van der Waals surface area (Å²) in [5.41, 5.74) is 1.13. The number of amides is 1. The Morgan fingerprint density at radius 3 is 2.40 bits per heavy atom. The number of benzene rings is 2. The molecule has 0 aliphatic carbocycles. The van der Waals surface area contributed by atoms with Gasteiger partial charge in [-0.2, -0.15) is 0 Å². The molecule has 0 aliphatic heterocycles. The first-order chi connectivity index (χ1) is 11.9. The summed E-state index contributed by atoms with van der Waals surface area (Å²) in [6.07, 6.45) is 0.0766. The molecule has 0 spiro atoms. The van der Waals surface area contributed by atoms with E-state index in [0.29, 0.717) is 27.8 Å². The van der Waals surface area contributed by atoms with Crippen molar-refractivity contribution in [1.29, 1.82) is 0 Å². The molecule has 132 valence electrons. The molecular formula is C18H19ClN2O3S. The molecule has 0 aromatic heterocycles. The minimum Gasteiger partial charge on any atom is -0.495 e. The van der Waals surface area contributed by atoms with Gasteiger partial charge in [0.25, 0.3) is 5.91 Å². The van der Waals surface area contributed by atoms with Crippen LogP contribution in [0.1, 0.15) is 24.2 Å². The number of anilines is 1. The number of thiocarbonyl (C=S) groups is 1. The van der Waals surface area contributed by atoms with Gasteiger partial charge in [-0.3, -0.25) is 10.1 Å². The van der Waals surface area contributed by atoms with Crippen molar-refractivity contribution in [3.8, 4) is 11.5 Å². The normalized spacial score (nSPS) is 10.3. The second kappa shape index (κ2) is 8.69. The SMILES string of the molecule is COc1ccc(NC(=S)NC(=O)c2ccc(OC(C)C)cc2)cc1Cl. The first kappa shape index (κ1) is 19.0. The molecule has 2 aromatic rings. The Kier molecular flexibility index (Phi) is 6.61. The number of ether oxygens (including phenoxy) is 2. The Morgan fingerprint density at radius 1 is 1.16 bits per heavy atom. The molecular weight excluding hydrogens is 360 g/mol. The molecule has 0 unspecified atom stereocenters. The summed E-state index contributed by atoms with van der Waals surface area (Å²) in [5.74, 6) is 0.958. The highest BCUT2D eigenvalue weighted by atomic mass is 35.5. The van der Waals surface area contributed by atoms with Gasteiger partial charge in [-0.15, -0.1) is 0 Å². The van der Waals surface area contributed by atoms with E-state index in [-0.39, 0.29) is 17.1 Å². The van der Waals surface area contributed by atoms with E-state index in [1.54, 1.807) is 42.5 Å². The molecule has 0 fully saturated rings. The van der Waals surface area contributed by atoms with Crippen molar-refractivity contribution in [2.45, 2.75) is 20.0 Å². The summed E-state index contributed by atoms with van der Waals surface area (Å²) in [6.45, 7) is 3.88. The number of methoxy groups -OCH3 is 1. The zero-order valence-corrected chi connectivity index (χ0v) is 15.7. The predicted octanol–water partition coefficient (Wildman–Crippen LogP) is 4.26. The molecule has 0 aliphatic rings. The van der Waals surface area contributed by atoms with Crippen LogP contribution in [0.4, 0.5) is 5.69 Å². The highest BCUT2D eigenvalue weighted by Gasteiger charge is 2.09. The lowest BCUT2D eigenvalue weighted by atomic mass is 10.2. The number of nitrogens with one attached hydrogen (secondary N) is 2. The number of hydrogen-bond acceptors (Lipinski definition) is 4. The van der Waals surface area contributed by atoms with Crippen LogP contribution in [0.5, 0.6) is 11.5 Å². The first-order valence-corrected chi connectivity index (χ1v) is 8.40. The highest BCUT2D eigenvalue weighted by Crippen LogP contribution is 2.27. The first-order valence-electron chi connectivity index (χ1n) is 7.61. The summed E-state index contributed by atoms with van der Waals surface area (Å²) in [5, 5.41) is 6.15. The van der Waals surface area contributed by atoms with Gasteiger partial charge in [0.1, 0.15) is 11.5 Å². The molecule has 0 bridgehead atoms. The van der Waals surface area contributed by atoms with E-state index in [1.165, 1.54) is 7.11 Å². The Labute approximate surface area is 157 Å². The predicted molar refractivity (Wildman–Crippen MR) is 104 cm³/mol. The smallest absolute Gasteiger partial charge is 0.257 e. The average Bonchev–Trinajstić information content (AvgIpc) is 2.55. The van der Waals surface area contributed by atoms with Crippen LogP contribution in [0.15, 0.2) is 42.5 Å². The fraction of sp³-hybridized carbons (Fsp3) is 0.222. The zero-order chi connectivity index (χ0) is 18.4. The molecule has 0 saturated heterocycles. The van der Waals surface area contributed by atoms with Crippen molar-refractivity contribution in [3.05, 3.63) is 53.1 Å². The third-order valence-corrected chi connectivity index (χ3v) is 3.62. The molecule has 2 aromatic carbocycles. The Hall–Kier alpha value is -2.31. The number of rotatable bonds is 5. The van der Waals surface area contributed by atoms with Gasteiger partial charge in [0.2, 0.25) is 0 Å². The Balaban J connectivity index is 1.95. The van der Waals surface area contributed by atoms with E-state index in [0.717, 1.165) is 0 Å². The molecule has 0 radical (unpaired) electrons. The second-order valence-corrected chi connectivity index (χ2v) is 6.26. The number of carbonyl (C=O) groups excluding carboxylic acids is 1. The number of hydrogen-bond donors (Lipinski definition) is 2. The third-order valence-electron chi connectivity index (χ3n) is 3.13. The van der Waals surface area contributed by atoms with Gasteiger partial charge in [-0.05, 0) is 68.5 Å². The molecule has 0 atom stereocenters. The van der Waals surface area contributed by atoms with E-state index < -0.39 is 0 Å². The number of carbonyl (C=O) groups is 1. The van der Waals surface area contributed by atoms with Crippen LogP contribution in [0.2, 0.25) is 5.02 Å². The van der Waals surface area contributed by atoms with Crippen LogP contribution >= 0.6 is 23.8 Å². The summed E-state index contributed by atoms with van der Waals surface area (Å²) in [4.78, 5) is 12.2. The minimum absolute atomic E-state index is 0.0766. The molecule has 7 heteroatoms. The fourth-order valence-corrected chi connectivity index (χ4v) is 2.51. The standard InChI is InChI=1S/C18H19ClN2O3S/c1-11(2)24-14-7-4-12(5-8-14)17(22)21-18(25)20-13-6-9-16(23-3)15(19)10-13/h4-11H,1-3H3,(H2,20,21,22,25). The van der Waals surface area contributed by atoms with Crippen molar-refractivity contribution in [1.82, 2.24) is 5.32 Å². The molecule has 0 heterocycles. The number of halogens is 1. The van der Waals surface area contributed by atoms with Crippen LogP contribution in [0.3, 0.4) is 0 Å². The monoisotopic (exact) mass is 378 g/mol. The Bertz CT molecular complexity index is 763. The van der Waals surface area contributed by atoms with E-state index in [2.05, 4.69) is 10.6 Å². The molecule has 25 heavy (non-hydrogen) atoms. The van der Waals surface area contributed by atoms with E-state index in [9.17, 15) is 4.79 Å². The van der Waals surface area contributed by atoms with Crippen molar-refractivity contribution in [2.75, 3.05) is 12.4 Å². The zero-order valence-electron chi connectivity index (χ0n) is 14.1. The van der Waals surface area contributed by atoms with Gasteiger partial charge < -0.3 is 14.8 Å². The summed E-state index contributed by atoms with van der Waals surface area (Å²) >= 11 is 11.2. The van der Waals surface area contributed by atoms with Gasteiger partial charge >= 0.3 is 0 Å². The molecule has 0 saturated carbocycles. The van der Waals surface area contributed by atoms with Crippen LogP contribution < -0.4 is 20.1 Å². The van der Waals surface area contributed by atoms with E-state index in [4.69, 9.17) is 33.3 Å². The Morgan fingerprint density at radius 2 is 1.84 bits per heavy atom. The fourth-order valence-electron chi connectivity index (χ4n) is 2.04. The quantitative estimate of drug-likeness (QED) is 0.761. The lowest BCUT2D eigenvalue weighted by Crippen LogP contribution is -2.34. The third kappa shape index (κ3) is 5.62. The topological polar surface area (TPSA) is 59.6 Å². The molecule has 2 rings (SSSR count). The lowest BCUT2D eigenvalue weighted by molar-refractivity contribution is 0.0977. The van der Waals surface area contributed by atoms with Crippen molar-refractivity contribution in [3.63, 3.8) is 0 Å². The van der Waals surface area contributed by atoms with E-state index >= 15 is 0 Å². The van der Waals surface area contributed by atoms with Crippen LogP contribution in [0, 0.1) is 0 Å². The van der Waals surface area contributed by atoms with Crippen molar-refractivity contribution in [2.24, 2.45) is 0 Å². The molecule has 1 amide bonds. The highest BCUT2D eigenvalue weighted by molar-refractivity contribution is 7.80. The summed E-state index contributed by atoms with van der Waals surface area (Å²) in [7, 11) is 1.54. The van der Waals surface area contributed by atoms with Crippen LogP contribution in [-0.4, -0.2) is 24.2 Å². The van der Waals surface area contributed by atoms with Gasteiger partial charge in [-0.25, -0.2) is 0 Å². The van der Waals surface area contributed by atoms with Gasteiger partial charge in [0.05, 0.1) is 18.2 Å². The second-order valence-electron chi connectivity index (χ2n) is 5.45. The maximum absolute atomic E-state index is 12.2. The minimum atomic E-state index is -0.312. The maximum Gasteiger partial charge on any atom is 0.257 e. The van der Waals surface area contributed by atoms with Crippen LogP contribution in [-0.2, 0) is 0 Å². The molecule has 5 nitrogen and oxygen atoms in total. The van der Waals surface area contributed by atoms with E-state index in [1.807, 2.05) is 13.8 Å². The van der Waals surface area contributed by atoms with Gasteiger partial charge in [0, 0.05) is 11.3 Å². The lowest BCUT2D eigenvalue weighted by Gasteiger charge is -2.12. The van der Waals surface area contributed by atoms with Gasteiger partial charge in [0.15, 0.2) is 5.11 Å².